The molecule has 0 bridgehead atoms. The summed E-state index contributed by atoms with van der Waals surface area (Å²) in [5.74, 6) is 0. The van der Waals surface area contributed by atoms with Crippen LogP contribution < -0.4 is 5.73 Å². The molecule has 0 amide bonds. The van der Waals surface area contributed by atoms with Crippen LogP contribution in [-0.2, 0) is 0 Å². The van der Waals surface area contributed by atoms with Gasteiger partial charge < -0.3 is 5.73 Å². The largest absolute Gasteiger partial charge is 0.390 e. The number of thiophene rings is 1. The van der Waals surface area contributed by atoms with Gasteiger partial charge in [-0.2, -0.15) is 13.2 Å². The zero-order valence-electron chi connectivity index (χ0n) is 7.06. The summed E-state index contributed by atoms with van der Waals surface area (Å²) in [6, 6.07) is 0.724. The van der Waals surface area contributed by atoms with Gasteiger partial charge in [0.2, 0.25) is 0 Å². The summed E-state index contributed by atoms with van der Waals surface area (Å²) in [6.45, 7) is 1.77. The van der Waals surface area contributed by atoms with E-state index in [1.54, 1.807) is 18.4 Å². The maximum atomic E-state index is 12.0. The van der Waals surface area contributed by atoms with Crippen LogP contribution in [0.15, 0.2) is 11.4 Å². The van der Waals surface area contributed by atoms with Crippen molar-refractivity contribution in [3.8, 4) is 0 Å². The summed E-state index contributed by atoms with van der Waals surface area (Å²) in [7, 11) is 0. The van der Waals surface area contributed by atoms with Gasteiger partial charge in [0.25, 0.3) is 0 Å². The molecule has 2 N–H and O–H groups in total. The fraction of sp³-hybridized carbons (Fsp3) is 0.500. The summed E-state index contributed by atoms with van der Waals surface area (Å²) in [6.07, 6.45) is -5.14. The molecule has 1 nitrogen and oxygen atoms in total. The van der Waals surface area contributed by atoms with E-state index >= 15 is 0 Å². The van der Waals surface area contributed by atoms with Gasteiger partial charge in [0.15, 0.2) is 0 Å². The van der Waals surface area contributed by atoms with Crippen LogP contribution in [0, 0.1) is 6.92 Å². The number of alkyl halides is 3. The molecule has 1 rings (SSSR count). The van der Waals surface area contributed by atoms with Crippen LogP contribution in [0.2, 0.25) is 0 Å². The van der Waals surface area contributed by atoms with Crippen molar-refractivity contribution in [3.05, 3.63) is 21.9 Å². The minimum absolute atomic E-state index is 0.599. The summed E-state index contributed by atoms with van der Waals surface area (Å²) in [5, 5.41) is 1.75. The lowest BCUT2D eigenvalue weighted by molar-refractivity contribution is -0.138. The van der Waals surface area contributed by atoms with E-state index in [0.717, 1.165) is 4.88 Å². The van der Waals surface area contributed by atoms with Crippen LogP contribution >= 0.6 is 11.3 Å². The molecule has 0 aliphatic heterocycles. The van der Waals surface area contributed by atoms with Gasteiger partial charge in [-0.05, 0) is 23.9 Å². The normalized spacial score (nSPS) is 14.5. The highest BCUT2D eigenvalue weighted by Gasteiger charge is 2.31. The number of aryl methyl sites for hydroxylation is 1. The zero-order valence-corrected chi connectivity index (χ0v) is 7.88. The molecular formula is C8H10F3NS. The monoisotopic (exact) mass is 209 g/mol. The highest BCUT2D eigenvalue weighted by Crippen LogP contribution is 2.30. The van der Waals surface area contributed by atoms with Crippen LogP contribution in [0.4, 0.5) is 13.2 Å². The Morgan fingerprint density at radius 3 is 2.54 bits per heavy atom. The summed E-state index contributed by atoms with van der Waals surface area (Å²) in [4.78, 5) is 0.858. The fourth-order valence-corrected chi connectivity index (χ4v) is 1.91. The average molecular weight is 209 g/mol. The molecule has 0 spiro atoms. The Kier molecular flexibility index (Phi) is 2.98. The quantitative estimate of drug-likeness (QED) is 0.796. The molecule has 0 fully saturated rings. The maximum absolute atomic E-state index is 12.0. The first-order chi connectivity index (χ1) is 5.90. The Balaban J connectivity index is 2.69. The van der Waals surface area contributed by atoms with Gasteiger partial charge in [0, 0.05) is 10.9 Å². The topological polar surface area (TPSA) is 26.0 Å². The predicted octanol–water partition coefficient (Wildman–Crippen LogP) is 3.01. The molecule has 0 radical (unpaired) electrons. The van der Waals surface area contributed by atoms with Crippen molar-refractivity contribution in [1.29, 1.82) is 0 Å². The fourth-order valence-electron chi connectivity index (χ4n) is 1.14. The Labute approximate surface area is 78.4 Å². The molecule has 0 aliphatic rings. The molecule has 1 aromatic heterocycles. The maximum Gasteiger partial charge on any atom is 0.390 e. The number of halogens is 3. The van der Waals surface area contributed by atoms with Gasteiger partial charge >= 0.3 is 6.18 Å². The van der Waals surface area contributed by atoms with Crippen LogP contribution in [0.3, 0.4) is 0 Å². The second kappa shape index (κ2) is 3.67. The van der Waals surface area contributed by atoms with Gasteiger partial charge in [-0.3, -0.25) is 0 Å². The zero-order chi connectivity index (χ0) is 10.1. The van der Waals surface area contributed by atoms with E-state index in [1.165, 1.54) is 11.3 Å². The molecule has 74 valence electrons. The van der Waals surface area contributed by atoms with E-state index in [1.807, 2.05) is 0 Å². The minimum Gasteiger partial charge on any atom is -0.324 e. The van der Waals surface area contributed by atoms with Crippen molar-refractivity contribution in [3.63, 3.8) is 0 Å². The smallest absolute Gasteiger partial charge is 0.324 e. The van der Waals surface area contributed by atoms with Crippen molar-refractivity contribution >= 4 is 11.3 Å². The van der Waals surface area contributed by atoms with E-state index in [0.29, 0.717) is 5.56 Å². The lowest BCUT2D eigenvalue weighted by atomic mass is 10.1. The molecule has 0 unspecified atom stereocenters. The summed E-state index contributed by atoms with van der Waals surface area (Å²) in [5.41, 5.74) is 6.01. The van der Waals surface area contributed by atoms with E-state index in [-0.39, 0.29) is 0 Å². The first-order valence-electron chi connectivity index (χ1n) is 3.76. The van der Waals surface area contributed by atoms with Gasteiger partial charge in [0.1, 0.15) is 0 Å². The Bertz CT molecular complexity index is 279. The third-order valence-corrected chi connectivity index (χ3v) is 2.61. The number of nitrogens with two attached hydrogens (primary N) is 1. The van der Waals surface area contributed by atoms with Crippen LogP contribution in [-0.4, -0.2) is 6.18 Å². The molecule has 1 atom stereocenters. The SMILES string of the molecule is Cc1sccc1[C@@H](N)CC(F)(F)F. The number of rotatable bonds is 2. The van der Waals surface area contributed by atoms with Crippen molar-refractivity contribution in [2.75, 3.05) is 0 Å². The molecule has 0 aromatic carbocycles. The standard InChI is InChI=1S/C8H10F3NS/c1-5-6(2-3-13-5)7(12)4-8(9,10)11/h2-3,7H,4,12H2,1H3/t7-/m0/s1. The lowest BCUT2D eigenvalue weighted by Gasteiger charge is -2.13. The predicted molar refractivity (Wildman–Crippen MR) is 46.7 cm³/mol. The van der Waals surface area contributed by atoms with Crippen LogP contribution in [0.25, 0.3) is 0 Å². The Morgan fingerprint density at radius 2 is 2.15 bits per heavy atom. The highest BCUT2D eigenvalue weighted by molar-refractivity contribution is 7.10. The third-order valence-electron chi connectivity index (χ3n) is 1.75. The van der Waals surface area contributed by atoms with Crippen molar-refractivity contribution in [2.45, 2.75) is 25.6 Å². The van der Waals surface area contributed by atoms with Crippen molar-refractivity contribution in [2.24, 2.45) is 5.73 Å². The Hall–Kier alpha value is -0.550. The highest BCUT2D eigenvalue weighted by atomic mass is 32.1. The molecule has 1 heterocycles. The van der Waals surface area contributed by atoms with Crippen molar-refractivity contribution < 1.29 is 13.2 Å². The number of hydrogen-bond acceptors (Lipinski definition) is 2. The average Bonchev–Trinajstić information content (AvgIpc) is 2.30. The second-order valence-electron chi connectivity index (χ2n) is 2.86. The van der Waals surface area contributed by atoms with Gasteiger partial charge in [-0.1, -0.05) is 0 Å². The Morgan fingerprint density at radius 1 is 1.54 bits per heavy atom. The molecule has 0 saturated heterocycles. The molecule has 0 aliphatic carbocycles. The van der Waals surface area contributed by atoms with E-state index < -0.39 is 18.6 Å². The minimum atomic E-state index is -4.19. The number of hydrogen-bond donors (Lipinski definition) is 1. The molecule has 0 saturated carbocycles. The lowest BCUT2D eigenvalue weighted by Crippen LogP contribution is -2.20. The second-order valence-corrected chi connectivity index (χ2v) is 3.98. The van der Waals surface area contributed by atoms with Crippen molar-refractivity contribution in [1.82, 2.24) is 0 Å². The van der Waals surface area contributed by atoms with Crippen LogP contribution in [0.1, 0.15) is 22.9 Å². The third kappa shape index (κ3) is 3.00. The van der Waals surface area contributed by atoms with E-state index in [4.69, 9.17) is 5.73 Å². The molecule has 1 aromatic rings. The first-order valence-corrected chi connectivity index (χ1v) is 4.64. The van der Waals surface area contributed by atoms with Crippen LogP contribution in [0.5, 0.6) is 0 Å². The molecular weight excluding hydrogens is 199 g/mol. The van der Waals surface area contributed by atoms with Gasteiger partial charge in [-0.15, -0.1) is 11.3 Å². The summed E-state index contributed by atoms with van der Waals surface area (Å²) < 4.78 is 35.9. The first kappa shape index (κ1) is 10.5. The summed E-state index contributed by atoms with van der Waals surface area (Å²) >= 11 is 1.41. The van der Waals surface area contributed by atoms with Gasteiger partial charge in [0.05, 0.1) is 6.42 Å². The molecule has 5 heteroatoms. The van der Waals surface area contributed by atoms with E-state index in [9.17, 15) is 13.2 Å². The molecule has 13 heavy (non-hydrogen) atoms. The van der Waals surface area contributed by atoms with Gasteiger partial charge in [-0.25, -0.2) is 0 Å². The van der Waals surface area contributed by atoms with E-state index in [2.05, 4.69) is 0 Å².